The van der Waals surface area contributed by atoms with E-state index in [0.29, 0.717) is 46.7 Å². The molecule has 1 saturated heterocycles. The normalized spacial score (nSPS) is 14.4. The number of hydrogen-bond acceptors (Lipinski definition) is 6. The van der Waals surface area contributed by atoms with Gasteiger partial charge in [0.05, 0.1) is 18.1 Å². The molecule has 1 aromatic heterocycles. The quantitative estimate of drug-likeness (QED) is 0.389. The third-order valence-electron chi connectivity index (χ3n) is 6.45. The van der Waals surface area contributed by atoms with E-state index in [-0.39, 0.29) is 11.5 Å². The first-order valence-corrected chi connectivity index (χ1v) is 12.0. The topological polar surface area (TPSA) is 72.2 Å². The van der Waals surface area contributed by atoms with E-state index in [1.54, 1.807) is 54.5 Å². The van der Waals surface area contributed by atoms with Crippen LogP contribution in [0.25, 0.3) is 22.1 Å². The molecule has 5 rings (SSSR count). The number of hydrogen-bond donors (Lipinski definition) is 0. The molecule has 0 unspecified atom stereocenters. The van der Waals surface area contributed by atoms with Gasteiger partial charge in [0.2, 0.25) is 0 Å². The van der Waals surface area contributed by atoms with Crippen molar-refractivity contribution < 1.29 is 18.7 Å². The fraction of sp³-hybridized carbons (Fsp3) is 0.241. The second-order valence-electron chi connectivity index (χ2n) is 8.84. The summed E-state index contributed by atoms with van der Waals surface area (Å²) in [4.78, 5) is 29.9. The zero-order chi connectivity index (χ0) is 24.9. The highest BCUT2D eigenvalue weighted by atomic mass is 16.6. The molecule has 1 aliphatic rings. The van der Waals surface area contributed by atoms with Gasteiger partial charge in [-0.1, -0.05) is 42.5 Å². The maximum absolute atomic E-state index is 13.0. The Morgan fingerprint density at radius 2 is 1.69 bits per heavy atom. The third kappa shape index (κ3) is 5.26. The number of rotatable bonds is 5. The second kappa shape index (κ2) is 10.7. The first-order chi connectivity index (χ1) is 17.6. The lowest BCUT2D eigenvalue weighted by Gasteiger charge is -2.21. The number of carbonyl (C=O) groups excluding carboxylic acids is 1. The molecule has 0 aliphatic carbocycles. The lowest BCUT2D eigenvalue weighted by Crippen LogP contribution is -2.36. The lowest BCUT2D eigenvalue weighted by atomic mass is 10.1. The van der Waals surface area contributed by atoms with Gasteiger partial charge in [0.15, 0.2) is 5.43 Å². The maximum atomic E-state index is 13.0. The number of benzene rings is 3. The van der Waals surface area contributed by atoms with E-state index in [4.69, 9.17) is 13.9 Å². The Morgan fingerprint density at radius 1 is 0.917 bits per heavy atom. The number of ether oxygens (including phenoxy) is 2. The first kappa shape index (κ1) is 23.6. The molecule has 0 spiro atoms. The predicted molar refractivity (Wildman–Crippen MR) is 138 cm³/mol. The van der Waals surface area contributed by atoms with Gasteiger partial charge in [-0.05, 0) is 41.8 Å². The van der Waals surface area contributed by atoms with Crippen molar-refractivity contribution in [1.82, 2.24) is 9.80 Å². The number of carbonyl (C=O) groups is 1. The zero-order valence-electron chi connectivity index (χ0n) is 20.2. The summed E-state index contributed by atoms with van der Waals surface area (Å²) in [6.07, 6.45) is 1.98. The second-order valence-corrected chi connectivity index (χ2v) is 8.84. The molecular formula is C29H28N2O5. The largest absolute Gasteiger partial charge is 0.497 e. The summed E-state index contributed by atoms with van der Waals surface area (Å²) in [5.74, 6) is 1.06. The molecule has 0 radical (unpaired) electrons. The fourth-order valence-electron chi connectivity index (χ4n) is 4.46. The number of methoxy groups -OCH3 is 1. The van der Waals surface area contributed by atoms with Gasteiger partial charge < -0.3 is 18.8 Å². The minimum absolute atomic E-state index is 0.131. The van der Waals surface area contributed by atoms with Crippen LogP contribution >= 0.6 is 0 Å². The van der Waals surface area contributed by atoms with E-state index in [1.807, 2.05) is 18.2 Å². The van der Waals surface area contributed by atoms with E-state index < -0.39 is 0 Å². The molecular weight excluding hydrogens is 456 g/mol. The zero-order valence-corrected chi connectivity index (χ0v) is 20.2. The number of fused-ring (bicyclic) bond motifs is 1. The molecule has 0 bridgehead atoms. The molecule has 0 N–H and O–H groups in total. The molecule has 36 heavy (non-hydrogen) atoms. The summed E-state index contributed by atoms with van der Waals surface area (Å²) in [6.45, 7) is 3.89. The fourth-order valence-corrected chi connectivity index (χ4v) is 4.46. The molecule has 184 valence electrons. The van der Waals surface area contributed by atoms with Crippen LogP contribution in [-0.4, -0.2) is 49.2 Å². The van der Waals surface area contributed by atoms with Gasteiger partial charge in [-0.2, -0.15) is 0 Å². The summed E-state index contributed by atoms with van der Waals surface area (Å²) < 4.78 is 16.5. The van der Waals surface area contributed by atoms with Crippen LogP contribution in [0.1, 0.15) is 12.0 Å². The molecule has 2 heterocycles. The van der Waals surface area contributed by atoms with Crippen LogP contribution in [0.15, 0.2) is 88.3 Å². The van der Waals surface area contributed by atoms with E-state index in [0.717, 1.165) is 26.1 Å². The first-order valence-electron chi connectivity index (χ1n) is 12.0. The van der Waals surface area contributed by atoms with Gasteiger partial charge in [0.1, 0.15) is 23.3 Å². The van der Waals surface area contributed by atoms with Crippen molar-refractivity contribution in [3.63, 3.8) is 0 Å². The highest BCUT2D eigenvalue weighted by Gasteiger charge is 2.21. The molecule has 0 saturated carbocycles. The summed E-state index contributed by atoms with van der Waals surface area (Å²) in [5, 5.41) is 0.478. The van der Waals surface area contributed by atoms with Gasteiger partial charge >= 0.3 is 6.09 Å². The molecule has 0 atom stereocenters. The monoisotopic (exact) mass is 484 g/mol. The average molecular weight is 485 g/mol. The van der Waals surface area contributed by atoms with Crippen LogP contribution in [0.4, 0.5) is 4.79 Å². The summed E-state index contributed by atoms with van der Waals surface area (Å²) in [6, 6.07) is 22.4. The van der Waals surface area contributed by atoms with Gasteiger partial charge in [-0.3, -0.25) is 9.69 Å². The van der Waals surface area contributed by atoms with Crippen molar-refractivity contribution >= 4 is 17.1 Å². The van der Waals surface area contributed by atoms with Crippen molar-refractivity contribution in [2.45, 2.75) is 13.0 Å². The Hall–Kier alpha value is -4.10. The van der Waals surface area contributed by atoms with E-state index in [9.17, 15) is 9.59 Å². The Kier molecular flexibility index (Phi) is 7.00. The van der Waals surface area contributed by atoms with E-state index in [2.05, 4.69) is 17.0 Å². The van der Waals surface area contributed by atoms with Gasteiger partial charge in [-0.25, -0.2) is 4.79 Å². The minimum Gasteiger partial charge on any atom is -0.497 e. The van der Waals surface area contributed by atoms with Crippen LogP contribution in [-0.2, 0) is 6.54 Å². The van der Waals surface area contributed by atoms with Gasteiger partial charge in [0, 0.05) is 38.8 Å². The van der Waals surface area contributed by atoms with Crippen LogP contribution < -0.4 is 14.9 Å². The van der Waals surface area contributed by atoms with Crippen LogP contribution in [0.3, 0.4) is 0 Å². The molecule has 1 fully saturated rings. The van der Waals surface area contributed by atoms with Crippen LogP contribution in [0, 0.1) is 0 Å². The Labute approximate surface area is 209 Å². The molecule has 7 nitrogen and oxygen atoms in total. The molecule has 3 aromatic carbocycles. The molecule has 4 aromatic rings. The maximum Gasteiger partial charge on any atom is 0.415 e. The Morgan fingerprint density at radius 3 is 2.47 bits per heavy atom. The number of nitrogens with zero attached hydrogens (tertiary/aromatic N) is 2. The van der Waals surface area contributed by atoms with Crippen molar-refractivity contribution in [3.8, 4) is 22.6 Å². The van der Waals surface area contributed by atoms with Crippen molar-refractivity contribution in [2.75, 3.05) is 33.3 Å². The summed E-state index contributed by atoms with van der Waals surface area (Å²) in [5.41, 5.74) is 2.74. The van der Waals surface area contributed by atoms with E-state index >= 15 is 0 Å². The molecule has 7 heteroatoms. The standard InChI is InChI=1S/C29H28N2O5/c1-34-24-12-13-25-27(18-24)35-20-26(28(25)32)22-8-10-23(11-9-22)36-29(33)31-15-5-14-30(16-17-31)19-21-6-3-2-4-7-21/h2-4,6-13,18,20H,5,14-17,19H2,1H3. The van der Waals surface area contributed by atoms with Crippen molar-refractivity contribution in [1.29, 1.82) is 0 Å². The number of amides is 1. The molecule has 1 amide bonds. The summed E-state index contributed by atoms with van der Waals surface area (Å²) >= 11 is 0. The minimum atomic E-state index is -0.358. The summed E-state index contributed by atoms with van der Waals surface area (Å²) in [7, 11) is 1.57. The van der Waals surface area contributed by atoms with Crippen LogP contribution in [0.2, 0.25) is 0 Å². The Bertz CT molecular complexity index is 1400. The van der Waals surface area contributed by atoms with Crippen molar-refractivity contribution in [2.24, 2.45) is 0 Å². The van der Waals surface area contributed by atoms with Gasteiger partial charge in [-0.15, -0.1) is 0 Å². The third-order valence-corrected chi connectivity index (χ3v) is 6.45. The lowest BCUT2D eigenvalue weighted by molar-refractivity contribution is 0.153. The van der Waals surface area contributed by atoms with Gasteiger partial charge in [0.25, 0.3) is 0 Å². The highest BCUT2D eigenvalue weighted by Crippen LogP contribution is 2.25. The van der Waals surface area contributed by atoms with E-state index in [1.165, 1.54) is 11.8 Å². The Balaban J connectivity index is 1.22. The van der Waals surface area contributed by atoms with Crippen LogP contribution in [0.5, 0.6) is 11.5 Å². The molecule has 1 aliphatic heterocycles. The smallest absolute Gasteiger partial charge is 0.415 e. The predicted octanol–water partition coefficient (Wildman–Crippen LogP) is 5.18. The SMILES string of the molecule is COc1ccc2c(=O)c(-c3ccc(OC(=O)N4CCCN(Cc5ccccc5)CC4)cc3)coc2c1. The average Bonchev–Trinajstić information content (AvgIpc) is 3.15. The highest BCUT2D eigenvalue weighted by molar-refractivity contribution is 5.82. The van der Waals surface area contributed by atoms with Crippen molar-refractivity contribution in [3.05, 3.63) is 94.8 Å².